The van der Waals surface area contributed by atoms with Gasteiger partial charge in [0.15, 0.2) is 0 Å². The van der Waals surface area contributed by atoms with Crippen molar-refractivity contribution in [3.63, 3.8) is 0 Å². The van der Waals surface area contributed by atoms with Crippen LogP contribution in [0.1, 0.15) is 23.5 Å². The highest BCUT2D eigenvalue weighted by molar-refractivity contribution is 5.98. The third-order valence-corrected chi connectivity index (χ3v) is 4.10. The molecule has 1 aliphatic rings. The van der Waals surface area contributed by atoms with E-state index in [4.69, 9.17) is 5.21 Å². The van der Waals surface area contributed by atoms with Gasteiger partial charge in [-0.1, -0.05) is 48.5 Å². The van der Waals surface area contributed by atoms with Gasteiger partial charge in [0, 0.05) is 17.7 Å². The van der Waals surface area contributed by atoms with Crippen molar-refractivity contribution in [1.82, 2.24) is 5.48 Å². The van der Waals surface area contributed by atoms with Gasteiger partial charge in [-0.05, 0) is 35.6 Å². The van der Waals surface area contributed by atoms with E-state index in [9.17, 15) is 9.59 Å². The molecule has 0 bridgehead atoms. The van der Waals surface area contributed by atoms with E-state index >= 15 is 0 Å². The Morgan fingerprint density at radius 3 is 2.50 bits per heavy atom. The quantitative estimate of drug-likeness (QED) is 0.450. The Balaban J connectivity index is 1.68. The van der Waals surface area contributed by atoms with Gasteiger partial charge in [0.25, 0.3) is 5.91 Å². The van der Waals surface area contributed by atoms with Crippen LogP contribution in [0.5, 0.6) is 0 Å². The van der Waals surface area contributed by atoms with E-state index in [1.807, 2.05) is 42.5 Å². The van der Waals surface area contributed by atoms with Crippen LogP contribution in [0, 0.1) is 5.92 Å². The van der Waals surface area contributed by atoms with Crippen molar-refractivity contribution in [2.75, 3.05) is 5.32 Å². The summed E-state index contributed by atoms with van der Waals surface area (Å²) in [6.07, 6.45) is 3.60. The van der Waals surface area contributed by atoms with Crippen molar-refractivity contribution in [1.29, 1.82) is 0 Å². The first kappa shape index (κ1) is 16.0. The lowest BCUT2D eigenvalue weighted by molar-refractivity contribution is -0.124. The number of amides is 2. The molecule has 0 spiro atoms. The number of carbonyl (C=O) groups is 2. The molecule has 2 aromatic rings. The third kappa shape index (κ3) is 3.70. The SMILES string of the molecule is O=C(C=Cc1ccccc1NC(=O)[C@H]1C[C@@H]1c1ccccc1)NO. The monoisotopic (exact) mass is 322 g/mol. The predicted octanol–water partition coefficient (Wildman–Crippen LogP) is 2.95. The molecule has 0 saturated heterocycles. The number of benzene rings is 2. The smallest absolute Gasteiger partial charge is 0.267 e. The Bertz CT molecular complexity index is 771. The first-order valence-electron chi connectivity index (χ1n) is 7.76. The second kappa shape index (κ2) is 7.10. The lowest BCUT2D eigenvalue weighted by atomic mass is 10.1. The average Bonchev–Trinajstić information content (AvgIpc) is 3.42. The zero-order valence-corrected chi connectivity index (χ0v) is 13.0. The molecule has 122 valence electrons. The van der Waals surface area contributed by atoms with Crippen LogP contribution in [0.3, 0.4) is 0 Å². The second-order valence-electron chi connectivity index (χ2n) is 5.75. The molecule has 2 aromatic carbocycles. The molecule has 24 heavy (non-hydrogen) atoms. The van der Waals surface area contributed by atoms with Crippen LogP contribution in [0.4, 0.5) is 5.69 Å². The number of para-hydroxylation sites is 1. The molecular weight excluding hydrogens is 304 g/mol. The minimum atomic E-state index is -0.623. The van der Waals surface area contributed by atoms with Gasteiger partial charge in [-0.3, -0.25) is 14.8 Å². The normalized spacial score (nSPS) is 19.0. The summed E-state index contributed by atoms with van der Waals surface area (Å²) in [6.45, 7) is 0. The minimum absolute atomic E-state index is 0.0173. The van der Waals surface area contributed by atoms with Gasteiger partial charge in [0.2, 0.25) is 5.91 Å². The third-order valence-electron chi connectivity index (χ3n) is 4.10. The number of hydrogen-bond donors (Lipinski definition) is 3. The van der Waals surface area contributed by atoms with E-state index in [2.05, 4.69) is 5.32 Å². The largest absolute Gasteiger partial charge is 0.325 e. The average molecular weight is 322 g/mol. The van der Waals surface area contributed by atoms with Crippen LogP contribution >= 0.6 is 0 Å². The summed E-state index contributed by atoms with van der Waals surface area (Å²) in [7, 11) is 0. The molecule has 1 fully saturated rings. The summed E-state index contributed by atoms with van der Waals surface area (Å²) >= 11 is 0. The van der Waals surface area contributed by atoms with Crippen LogP contribution < -0.4 is 10.8 Å². The fourth-order valence-electron chi connectivity index (χ4n) is 2.74. The number of hydrogen-bond acceptors (Lipinski definition) is 3. The molecule has 0 aromatic heterocycles. The maximum absolute atomic E-state index is 12.5. The number of nitrogens with one attached hydrogen (secondary N) is 2. The van der Waals surface area contributed by atoms with Crippen molar-refractivity contribution >= 4 is 23.6 Å². The number of anilines is 1. The Hall–Kier alpha value is -2.92. The molecule has 3 N–H and O–H groups in total. The highest BCUT2D eigenvalue weighted by Gasteiger charge is 2.43. The lowest BCUT2D eigenvalue weighted by Crippen LogP contribution is -2.16. The maximum atomic E-state index is 12.5. The molecule has 2 atom stereocenters. The first-order chi connectivity index (χ1) is 11.7. The summed E-state index contributed by atoms with van der Waals surface area (Å²) in [6, 6.07) is 17.2. The number of rotatable bonds is 5. The van der Waals surface area contributed by atoms with Crippen LogP contribution in [0.15, 0.2) is 60.7 Å². The van der Waals surface area contributed by atoms with Crippen molar-refractivity contribution < 1.29 is 14.8 Å². The van der Waals surface area contributed by atoms with Crippen molar-refractivity contribution in [2.45, 2.75) is 12.3 Å². The van der Waals surface area contributed by atoms with Gasteiger partial charge in [0.05, 0.1) is 0 Å². The van der Waals surface area contributed by atoms with E-state index < -0.39 is 5.91 Å². The van der Waals surface area contributed by atoms with E-state index in [1.54, 1.807) is 18.2 Å². The molecule has 5 nitrogen and oxygen atoms in total. The van der Waals surface area contributed by atoms with E-state index in [1.165, 1.54) is 17.1 Å². The van der Waals surface area contributed by atoms with Gasteiger partial charge in [-0.2, -0.15) is 0 Å². The molecule has 0 aliphatic heterocycles. The molecular formula is C19H18N2O3. The lowest BCUT2D eigenvalue weighted by Gasteiger charge is -2.08. The Morgan fingerprint density at radius 2 is 1.75 bits per heavy atom. The molecule has 1 aliphatic carbocycles. The molecule has 0 radical (unpaired) electrons. The zero-order valence-electron chi connectivity index (χ0n) is 13.0. The van der Waals surface area contributed by atoms with Crippen LogP contribution in [-0.4, -0.2) is 17.0 Å². The summed E-state index contributed by atoms with van der Waals surface area (Å²) < 4.78 is 0. The standard InChI is InChI=1S/C19H18N2O3/c22-18(21-24)11-10-14-8-4-5-9-17(14)20-19(23)16-12-15(16)13-6-2-1-3-7-13/h1-11,15-16,24H,12H2,(H,20,23)(H,21,22)/t15-,16+/m1/s1. The number of carbonyl (C=O) groups excluding carboxylic acids is 2. The molecule has 5 heteroatoms. The fourth-order valence-corrected chi connectivity index (χ4v) is 2.74. The Labute approximate surface area is 140 Å². The maximum Gasteiger partial charge on any atom is 0.267 e. The molecule has 0 unspecified atom stereocenters. The van der Waals surface area contributed by atoms with Crippen LogP contribution in [-0.2, 0) is 9.59 Å². The second-order valence-corrected chi connectivity index (χ2v) is 5.75. The highest BCUT2D eigenvalue weighted by Crippen LogP contribution is 2.47. The summed E-state index contributed by atoms with van der Waals surface area (Å²) in [4.78, 5) is 23.6. The van der Waals surface area contributed by atoms with Crippen LogP contribution in [0.2, 0.25) is 0 Å². The van der Waals surface area contributed by atoms with Gasteiger partial charge in [-0.25, -0.2) is 5.48 Å². The van der Waals surface area contributed by atoms with Crippen molar-refractivity contribution in [3.8, 4) is 0 Å². The summed E-state index contributed by atoms with van der Waals surface area (Å²) in [5.74, 6) is -0.391. The van der Waals surface area contributed by atoms with Gasteiger partial charge in [-0.15, -0.1) is 0 Å². The summed E-state index contributed by atoms with van der Waals surface area (Å²) in [5.41, 5.74) is 4.06. The highest BCUT2D eigenvalue weighted by atomic mass is 16.5. The predicted molar refractivity (Wildman–Crippen MR) is 91.3 cm³/mol. The molecule has 1 saturated carbocycles. The van der Waals surface area contributed by atoms with Crippen molar-refractivity contribution in [3.05, 3.63) is 71.8 Å². The molecule has 2 amide bonds. The van der Waals surface area contributed by atoms with E-state index in [0.717, 1.165) is 6.42 Å². The van der Waals surface area contributed by atoms with Gasteiger partial charge in [0.1, 0.15) is 0 Å². The minimum Gasteiger partial charge on any atom is -0.325 e. The Kier molecular flexibility index (Phi) is 4.72. The van der Waals surface area contributed by atoms with Crippen molar-refractivity contribution in [2.24, 2.45) is 5.92 Å². The van der Waals surface area contributed by atoms with E-state index in [0.29, 0.717) is 11.3 Å². The topological polar surface area (TPSA) is 78.4 Å². The first-order valence-corrected chi connectivity index (χ1v) is 7.76. The van der Waals surface area contributed by atoms with Gasteiger partial charge >= 0.3 is 0 Å². The number of hydroxylamine groups is 1. The van der Waals surface area contributed by atoms with Gasteiger partial charge < -0.3 is 5.32 Å². The van der Waals surface area contributed by atoms with E-state index in [-0.39, 0.29) is 17.7 Å². The fraction of sp³-hybridized carbons (Fsp3) is 0.158. The summed E-state index contributed by atoms with van der Waals surface area (Å²) in [5, 5.41) is 11.5. The van der Waals surface area contributed by atoms with Crippen LogP contribution in [0.25, 0.3) is 6.08 Å². The Morgan fingerprint density at radius 1 is 1.04 bits per heavy atom. The zero-order chi connectivity index (χ0) is 16.9. The molecule has 0 heterocycles. The molecule has 3 rings (SSSR count).